The Balaban J connectivity index is 2.17. The summed E-state index contributed by atoms with van der Waals surface area (Å²) in [5.41, 5.74) is 0.474. The number of aliphatic hydroxyl groups excluding tert-OH is 1. The molecule has 0 radical (unpaired) electrons. The van der Waals surface area contributed by atoms with Crippen LogP contribution in [0.3, 0.4) is 0 Å². The zero-order valence-electron chi connectivity index (χ0n) is 11.7. The molecule has 19 heavy (non-hydrogen) atoms. The molecule has 2 aliphatic rings. The average molecular weight is 270 g/mol. The minimum absolute atomic E-state index is 0.257. The molecule has 1 aliphatic carbocycles. The molecular weight excluding hydrogens is 248 g/mol. The Morgan fingerprint density at radius 3 is 2.68 bits per heavy atom. The highest BCUT2D eigenvalue weighted by atomic mass is 16.8. The van der Waals surface area contributed by atoms with E-state index in [2.05, 4.69) is 0 Å². The largest absolute Gasteiger partial charge is 0.463 e. The molecule has 1 saturated heterocycles. The Morgan fingerprint density at radius 2 is 2.11 bits per heavy atom. The van der Waals surface area contributed by atoms with Crippen molar-refractivity contribution in [3.63, 3.8) is 0 Å². The van der Waals surface area contributed by atoms with Gasteiger partial charge in [-0.15, -0.1) is 0 Å². The lowest BCUT2D eigenvalue weighted by Gasteiger charge is -2.27. The number of hydrogen-bond donors (Lipinski definition) is 1. The molecule has 1 N–H and O–H groups in total. The Hall–Kier alpha value is -0.910. The van der Waals surface area contributed by atoms with E-state index >= 15 is 0 Å². The molecule has 0 aromatic heterocycles. The van der Waals surface area contributed by atoms with E-state index in [1.165, 1.54) is 0 Å². The van der Waals surface area contributed by atoms with Crippen molar-refractivity contribution in [2.45, 2.75) is 64.1 Å². The minimum atomic E-state index is -0.727. The number of rotatable bonds is 4. The number of aliphatic hydroxyl groups is 1. The maximum atomic E-state index is 11.7. The standard InChI is InChI=1S/C14H22O5/c1-4-14(5-2)18-11-8-9(13(16)17-6-3)7-10(15)12(11)19-14/h8,10-12,15H,4-7H2,1-3H3/t10-,11+,12-/m0/s1. The van der Waals surface area contributed by atoms with E-state index < -0.39 is 18.0 Å². The first-order chi connectivity index (χ1) is 9.05. The van der Waals surface area contributed by atoms with E-state index in [0.717, 1.165) is 0 Å². The first-order valence-electron chi connectivity index (χ1n) is 6.96. The summed E-state index contributed by atoms with van der Waals surface area (Å²) in [7, 11) is 0. The van der Waals surface area contributed by atoms with Crippen molar-refractivity contribution in [3.05, 3.63) is 11.6 Å². The Morgan fingerprint density at radius 1 is 1.42 bits per heavy atom. The summed E-state index contributed by atoms with van der Waals surface area (Å²) in [6, 6.07) is 0. The third-order valence-electron chi connectivity index (χ3n) is 3.81. The highest BCUT2D eigenvalue weighted by molar-refractivity contribution is 5.88. The van der Waals surface area contributed by atoms with E-state index in [9.17, 15) is 9.90 Å². The third kappa shape index (κ3) is 2.68. The topological polar surface area (TPSA) is 65.0 Å². The second kappa shape index (κ2) is 5.61. The number of ether oxygens (including phenoxy) is 3. The average Bonchev–Trinajstić information content (AvgIpc) is 2.79. The molecular formula is C14H22O5. The second-order valence-corrected chi connectivity index (χ2v) is 4.97. The number of carbonyl (C=O) groups is 1. The SMILES string of the molecule is CCOC(=O)C1=C[C@H]2OC(CC)(CC)O[C@H]2[C@@H](O)C1. The van der Waals surface area contributed by atoms with Gasteiger partial charge in [0.05, 0.1) is 12.7 Å². The Kier molecular flexibility index (Phi) is 4.28. The van der Waals surface area contributed by atoms with Crippen LogP contribution in [-0.4, -0.2) is 41.8 Å². The zero-order chi connectivity index (χ0) is 14.0. The Bertz CT molecular complexity index is 372. The van der Waals surface area contributed by atoms with Crippen molar-refractivity contribution in [1.29, 1.82) is 0 Å². The molecule has 108 valence electrons. The van der Waals surface area contributed by atoms with Crippen molar-refractivity contribution >= 4 is 5.97 Å². The van der Waals surface area contributed by atoms with Gasteiger partial charge in [0, 0.05) is 12.0 Å². The van der Waals surface area contributed by atoms with Crippen LogP contribution in [0.15, 0.2) is 11.6 Å². The van der Waals surface area contributed by atoms with Gasteiger partial charge in [-0.05, 0) is 25.8 Å². The summed E-state index contributed by atoms with van der Waals surface area (Å²) in [5, 5.41) is 10.1. The van der Waals surface area contributed by atoms with Crippen LogP contribution in [0.25, 0.3) is 0 Å². The molecule has 2 rings (SSSR count). The lowest BCUT2D eigenvalue weighted by atomic mass is 9.92. The fraction of sp³-hybridized carbons (Fsp3) is 0.786. The summed E-state index contributed by atoms with van der Waals surface area (Å²) in [6.07, 6.45) is 1.93. The fourth-order valence-electron chi connectivity index (χ4n) is 2.65. The van der Waals surface area contributed by atoms with Crippen LogP contribution in [0.4, 0.5) is 0 Å². The molecule has 0 amide bonds. The van der Waals surface area contributed by atoms with Crippen molar-refractivity contribution in [3.8, 4) is 0 Å². The maximum Gasteiger partial charge on any atom is 0.333 e. The molecule has 1 heterocycles. The predicted octanol–water partition coefficient (Wildman–Crippen LogP) is 1.54. The van der Waals surface area contributed by atoms with Crippen LogP contribution in [0.5, 0.6) is 0 Å². The molecule has 0 aromatic carbocycles. The highest BCUT2D eigenvalue weighted by Gasteiger charge is 2.49. The summed E-state index contributed by atoms with van der Waals surface area (Å²) in [6.45, 7) is 6.06. The van der Waals surface area contributed by atoms with Crippen LogP contribution in [0.2, 0.25) is 0 Å². The molecule has 1 fully saturated rings. The molecule has 0 unspecified atom stereocenters. The van der Waals surface area contributed by atoms with E-state index in [1.807, 2.05) is 13.8 Å². The van der Waals surface area contributed by atoms with E-state index in [-0.39, 0.29) is 18.5 Å². The first kappa shape index (κ1) is 14.5. The van der Waals surface area contributed by atoms with Gasteiger partial charge < -0.3 is 19.3 Å². The molecule has 5 heteroatoms. The minimum Gasteiger partial charge on any atom is -0.463 e. The fourth-order valence-corrected chi connectivity index (χ4v) is 2.65. The van der Waals surface area contributed by atoms with E-state index in [4.69, 9.17) is 14.2 Å². The second-order valence-electron chi connectivity index (χ2n) is 4.97. The van der Waals surface area contributed by atoms with Gasteiger partial charge in [-0.3, -0.25) is 0 Å². The molecule has 0 saturated carbocycles. The predicted molar refractivity (Wildman–Crippen MR) is 68.4 cm³/mol. The van der Waals surface area contributed by atoms with Crippen molar-refractivity contribution in [2.75, 3.05) is 6.61 Å². The number of hydrogen-bond acceptors (Lipinski definition) is 5. The van der Waals surface area contributed by atoms with Gasteiger partial charge >= 0.3 is 5.97 Å². The number of esters is 1. The molecule has 1 aliphatic heterocycles. The van der Waals surface area contributed by atoms with Crippen molar-refractivity contribution in [2.24, 2.45) is 0 Å². The van der Waals surface area contributed by atoms with Crippen LogP contribution in [0, 0.1) is 0 Å². The summed E-state index contributed by atoms with van der Waals surface area (Å²) in [4.78, 5) is 11.7. The van der Waals surface area contributed by atoms with Gasteiger partial charge in [-0.25, -0.2) is 4.79 Å². The normalized spacial score (nSPS) is 32.6. The van der Waals surface area contributed by atoms with Gasteiger partial charge in [0.2, 0.25) is 0 Å². The summed E-state index contributed by atoms with van der Waals surface area (Å²) < 4.78 is 16.8. The lowest BCUT2D eigenvalue weighted by molar-refractivity contribution is -0.183. The summed E-state index contributed by atoms with van der Waals surface area (Å²) >= 11 is 0. The number of fused-ring (bicyclic) bond motifs is 1. The van der Waals surface area contributed by atoms with Gasteiger partial charge in [0.1, 0.15) is 12.2 Å². The van der Waals surface area contributed by atoms with Gasteiger partial charge in [-0.2, -0.15) is 0 Å². The number of carbonyl (C=O) groups excluding carboxylic acids is 1. The highest BCUT2D eigenvalue weighted by Crippen LogP contribution is 2.40. The first-order valence-corrected chi connectivity index (χ1v) is 6.96. The van der Waals surface area contributed by atoms with Crippen LogP contribution < -0.4 is 0 Å². The van der Waals surface area contributed by atoms with Crippen molar-refractivity contribution < 1.29 is 24.1 Å². The Labute approximate surface area is 113 Å². The maximum absolute atomic E-state index is 11.7. The smallest absolute Gasteiger partial charge is 0.333 e. The molecule has 0 aromatic rings. The van der Waals surface area contributed by atoms with Gasteiger partial charge in [0.15, 0.2) is 5.79 Å². The monoisotopic (exact) mass is 270 g/mol. The molecule has 0 bridgehead atoms. The van der Waals surface area contributed by atoms with Crippen molar-refractivity contribution in [1.82, 2.24) is 0 Å². The van der Waals surface area contributed by atoms with Gasteiger partial charge in [-0.1, -0.05) is 13.8 Å². The van der Waals surface area contributed by atoms with Crippen LogP contribution in [-0.2, 0) is 19.0 Å². The summed E-state index contributed by atoms with van der Waals surface area (Å²) in [5.74, 6) is -1.02. The van der Waals surface area contributed by atoms with E-state index in [1.54, 1.807) is 13.0 Å². The van der Waals surface area contributed by atoms with Crippen LogP contribution >= 0.6 is 0 Å². The zero-order valence-corrected chi connectivity index (χ0v) is 11.7. The molecule has 3 atom stereocenters. The molecule has 0 spiro atoms. The van der Waals surface area contributed by atoms with E-state index in [0.29, 0.717) is 25.0 Å². The lowest BCUT2D eigenvalue weighted by Crippen LogP contribution is -2.39. The molecule has 5 nitrogen and oxygen atoms in total. The third-order valence-corrected chi connectivity index (χ3v) is 3.81. The van der Waals surface area contributed by atoms with Gasteiger partial charge in [0.25, 0.3) is 0 Å². The quantitative estimate of drug-likeness (QED) is 0.785. The van der Waals surface area contributed by atoms with Crippen LogP contribution in [0.1, 0.15) is 40.0 Å².